The number of aromatic nitrogens is 2. The minimum atomic E-state index is -0.881. The Morgan fingerprint density at radius 3 is 2.78 bits per heavy atom. The second-order valence-electron chi connectivity index (χ2n) is 10.3. The molecule has 172 valence electrons. The van der Waals surface area contributed by atoms with Gasteiger partial charge in [-0.25, -0.2) is 13.5 Å². The molecule has 32 heavy (non-hydrogen) atoms. The first kappa shape index (κ1) is 21.4. The summed E-state index contributed by atoms with van der Waals surface area (Å²) in [6.45, 7) is 5.28. The first-order chi connectivity index (χ1) is 15.2. The van der Waals surface area contributed by atoms with Crippen LogP contribution in [0.25, 0.3) is 5.69 Å². The van der Waals surface area contributed by atoms with Crippen LogP contribution in [0, 0.1) is 23.0 Å². The van der Waals surface area contributed by atoms with Gasteiger partial charge in [-0.05, 0) is 67.9 Å². The Labute approximate surface area is 186 Å². The van der Waals surface area contributed by atoms with E-state index in [2.05, 4.69) is 19.2 Å². The van der Waals surface area contributed by atoms with Crippen LogP contribution in [-0.4, -0.2) is 34.9 Å². The van der Waals surface area contributed by atoms with Crippen molar-refractivity contribution < 1.29 is 18.3 Å². The van der Waals surface area contributed by atoms with E-state index in [1.807, 2.05) is 0 Å². The zero-order valence-electron chi connectivity index (χ0n) is 18.6. The number of nitrogens with one attached hydrogen (secondary N) is 1. The summed E-state index contributed by atoms with van der Waals surface area (Å²) in [4.78, 5) is 12.0. The summed E-state index contributed by atoms with van der Waals surface area (Å²) in [6, 6.07) is 0.860. The number of amides is 1. The highest BCUT2D eigenvalue weighted by Gasteiger charge is 2.35. The van der Waals surface area contributed by atoms with Crippen LogP contribution in [0.15, 0.2) is 6.07 Å². The highest BCUT2D eigenvalue weighted by Crippen LogP contribution is 2.41. The first-order valence-corrected chi connectivity index (χ1v) is 11.5. The van der Waals surface area contributed by atoms with E-state index >= 15 is 8.78 Å². The maximum atomic E-state index is 15.9. The smallest absolute Gasteiger partial charge is 0.251 e. The molecule has 1 amide bonds. The summed E-state index contributed by atoms with van der Waals surface area (Å²) in [5, 5.41) is 7.78. The van der Waals surface area contributed by atoms with Crippen molar-refractivity contribution in [1.29, 1.82) is 0 Å². The van der Waals surface area contributed by atoms with E-state index in [4.69, 9.17) is 15.6 Å². The van der Waals surface area contributed by atoms with Gasteiger partial charge in [0.25, 0.3) is 5.91 Å². The first-order valence-electron chi connectivity index (χ1n) is 11.5. The molecule has 0 bridgehead atoms. The zero-order chi connectivity index (χ0) is 22.6. The normalized spacial score (nSPS) is 22.1. The lowest BCUT2D eigenvalue weighted by Crippen LogP contribution is -2.26. The SMILES string of the molecule is CC1(C)CCc2c(CC3CC3)nn(-c3c(F)cc(C(N)=O)c(NC4CCOC4)c3F)c2C1. The molecule has 1 atom stereocenters. The molecular formula is C24H30F2N4O2. The van der Waals surface area contributed by atoms with Crippen LogP contribution in [0.4, 0.5) is 14.5 Å². The summed E-state index contributed by atoms with van der Waals surface area (Å²) in [6.07, 6.45) is 6.45. The van der Waals surface area contributed by atoms with Crippen molar-refractivity contribution in [1.82, 2.24) is 9.78 Å². The molecule has 2 aromatic rings. The van der Waals surface area contributed by atoms with Gasteiger partial charge in [0.2, 0.25) is 0 Å². The summed E-state index contributed by atoms with van der Waals surface area (Å²) in [5.41, 5.74) is 7.92. The Balaban J connectivity index is 1.65. The molecule has 1 aromatic heterocycles. The summed E-state index contributed by atoms with van der Waals surface area (Å²) >= 11 is 0. The van der Waals surface area contributed by atoms with Gasteiger partial charge < -0.3 is 15.8 Å². The number of benzene rings is 1. The Bertz CT molecular complexity index is 1070. The number of nitrogens with two attached hydrogens (primary N) is 1. The fraction of sp³-hybridized carbons (Fsp3) is 0.583. The number of carbonyl (C=O) groups is 1. The lowest BCUT2D eigenvalue weighted by Gasteiger charge is -2.30. The molecule has 0 radical (unpaired) electrons. The molecule has 3 N–H and O–H groups in total. The fourth-order valence-electron chi connectivity index (χ4n) is 4.95. The third kappa shape index (κ3) is 3.89. The molecule has 1 aliphatic heterocycles. The maximum Gasteiger partial charge on any atom is 0.251 e. The monoisotopic (exact) mass is 444 g/mol. The maximum absolute atomic E-state index is 15.9. The number of anilines is 1. The summed E-state index contributed by atoms with van der Waals surface area (Å²) < 4.78 is 38.1. The number of carbonyl (C=O) groups excluding carboxylic acids is 1. The van der Waals surface area contributed by atoms with Gasteiger partial charge in [0.1, 0.15) is 5.69 Å². The van der Waals surface area contributed by atoms with Crippen molar-refractivity contribution in [2.24, 2.45) is 17.1 Å². The van der Waals surface area contributed by atoms with Crippen molar-refractivity contribution in [3.8, 4) is 5.69 Å². The van der Waals surface area contributed by atoms with Gasteiger partial charge >= 0.3 is 0 Å². The largest absolute Gasteiger partial charge is 0.379 e. The highest BCUT2D eigenvalue weighted by molar-refractivity contribution is 5.99. The quantitative estimate of drug-likeness (QED) is 0.708. The minimum Gasteiger partial charge on any atom is -0.379 e. The van der Waals surface area contributed by atoms with Gasteiger partial charge in [-0.2, -0.15) is 5.10 Å². The predicted molar refractivity (Wildman–Crippen MR) is 117 cm³/mol. The zero-order valence-corrected chi connectivity index (χ0v) is 18.6. The van der Waals surface area contributed by atoms with Crippen LogP contribution in [0.2, 0.25) is 0 Å². The molecule has 3 aliphatic rings. The van der Waals surface area contributed by atoms with Crippen molar-refractivity contribution in [3.05, 3.63) is 40.2 Å². The molecule has 2 aliphatic carbocycles. The van der Waals surface area contributed by atoms with Crippen LogP contribution in [0.3, 0.4) is 0 Å². The fourth-order valence-corrected chi connectivity index (χ4v) is 4.95. The number of hydrogen-bond donors (Lipinski definition) is 2. The topological polar surface area (TPSA) is 82.2 Å². The number of ether oxygens (including phenoxy) is 1. The van der Waals surface area contributed by atoms with Gasteiger partial charge in [-0.1, -0.05) is 13.8 Å². The number of fused-ring (bicyclic) bond motifs is 1. The molecule has 1 saturated heterocycles. The molecule has 1 aromatic carbocycles. The van der Waals surface area contributed by atoms with Gasteiger partial charge in [0.15, 0.2) is 11.6 Å². The van der Waals surface area contributed by atoms with E-state index in [1.54, 1.807) is 0 Å². The van der Waals surface area contributed by atoms with Crippen molar-refractivity contribution in [2.45, 2.75) is 64.8 Å². The van der Waals surface area contributed by atoms with Gasteiger partial charge in [0.05, 0.1) is 29.6 Å². The Kier molecular flexibility index (Phi) is 5.23. The van der Waals surface area contributed by atoms with E-state index in [1.165, 1.54) is 17.5 Å². The van der Waals surface area contributed by atoms with E-state index in [-0.39, 0.29) is 28.4 Å². The predicted octanol–water partition coefficient (Wildman–Crippen LogP) is 3.92. The number of primary amides is 1. The molecule has 2 fully saturated rings. The lowest BCUT2D eigenvalue weighted by atomic mass is 9.76. The molecule has 2 heterocycles. The average Bonchev–Trinajstić information content (AvgIpc) is 3.26. The second kappa shape index (κ2) is 7.83. The number of halogens is 2. The summed E-state index contributed by atoms with van der Waals surface area (Å²) in [7, 11) is 0. The molecule has 0 spiro atoms. The standard InChI is InChI=1S/C24H30F2N4O2/c1-24(2)7-5-15-18(9-13-3-4-13)29-30(19(15)11-24)22-17(25)10-16(23(27)31)21(20(22)26)28-14-6-8-32-12-14/h10,13-14,28H,3-9,11-12H2,1-2H3,(H2,27,31). The van der Waals surface area contributed by atoms with Crippen molar-refractivity contribution in [2.75, 3.05) is 18.5 Å². The van der Waals surface area contributed by atoms with Crippen LogP contribution < -0.4 is 11.1 Å². The lowest BCUT2D eigenvalue weighted by molar-refractivity contribution is 0.1000. The third-order valence-electron chi connectivity index (χ3n) is 7.00. The average molecular weight is 445 g/mol. The van der Waals surface area contributed by atoms with Crippen molar-refractivity contribution >= 4 is 11.6 Å². The number of hydrogen-bond acceptors (Lipinski definition) is 4. The van der Waals surface area contributed by atoms with Gasteiger partial charge in [-0.15, -0.1) is 0 Å². The second-order valence-corrected chi connectivity index (χ2v) is 10.3. The minimum absolute atomic E-state index is 0.0179. The highest BCUT2D eigenvalue weighted by atomic mass is 19.1. The molecule has 1 saturated carbocycles. The molecule has 6 nitrogen and oxygen atoms in total. The molecule has 1 unspecified atom stereocenters. The van der Waals surface area contributed by atoms with Crippen LogP contribution in [0.5, 0.6) is 0 Å². The molecule has 8 heteroatoms. The van der Waals surface area contributed by atoms with Crippen LogP contribution in [-0.2, 0) is 24.0 Å². The summed E-state index contributed by atoms with van der Waals surface area (Å²) in [5.74, 6) is -1.94. The van der Waals surface area contributed by atoms with Gasteiger partial charge in [-0.3, -0.25) is 4.79 Å². The van der Waals surface area contributed by atoms with Crippen LogP contribution in [0.1, 0.15) is 66.8 Å². The van der Waals surface area contributed by atoms with Gasteiger partial charge in [0, 0.05) is 12.3 Å². The molecule has 5 rings (SSSR count). The van der Waals surface area contributed by atoms with E-state index in [0.717, 1.165) is 42.3 Å². The van der Waals surface area contributed by atoms with E-state index in [0.29, 0.717) is 32.0 Å². The Hall–Kier alpha value is -2.48. The van der Waals surface area contributed by atoms with E-state index in [9.17, 15) is 4.79 Å². The van der Waals surface area contributed by atoms with Crippen LogP contribution >= 0.6 is 0 Å². The molecular weight excluding hydrogens is 414 g/mol. The third-order valence-corrected chi connectivity index (χ3v) is 7.00. The Morgan fingerprint density at radius 2 is 2.12 bits per heavy atom. The number of rotatable bonds is 6. The van der Waals surface area contributed by atoms with Crippen molar-refractivity contribution in [3.63, 3.8) is 0 Å². The Morgan fingerprint density at radius 1 is 1.34 bits per heavy atom. The van der Waals surface area contributed by atoms with E-state index < -0.39 is 17.5 Å². The number of nitrogens with zero attached hydrogens (tertiary/aromatic N) is 2.